The van der Waals surface area contributed by atoms with E-state index in [-0.39, 0.29) is 0 Å². The minimum Gasteiger partial charge on any atom is -0.366 e. The van der Waals surface area contributed by atoms with Crippen LogP contribution in [0.1, 0.15) is 30.5 Å². The van der Waals surface area contributed by atoms with Crippen LogP contribution < -0.4 is 5.32 Å². The molecule has 0 atom stereocenters. The lowest BCUT2D eigenvalue weighted by Crippen LogP contribution is -2.28. The second kappa shape index (κ2) is 3.67. The molecule has 1 N–H and O–H groups in total. The molecule has 1 aliphatic rings. The van der Waals surface area contributed by atoms with Crippen LogP contribution >= 0.6 is 0 Å². The predicted molar refractivity (Wildman–Crippen MR) is 55.0 cm³/mol. The highest BCUT2D eigenvalue weighted by Gasteiger charge is 2.18. The van der Waals surface area contributed by atoms with Crippen LogP contribution in [0.3, 0.4) is 0 Å². The van der Waals surface area contributed by atoms with E-state index >= 15 is 0 Å². The van der Waals surface area contributed by atoms with Crippen molar-refractivity contribution in [2.75, 3.05) is 5.32 Å². The van der Waals surface area contributed by atoms with Crippen LogP contribution in [0.4, 0.5) is 5.82 Å². The highest BCUT2D eigenvalue weighted by Crippen LogP contribution is 2.23. The summed E-state index contributed by atoms with van der Waals surface area (Å²) in [5.74, 6) is 0.747. The molecule has 0 unspecified atom stereocenters. The number of pyridine rings is 1. The maximum absolute atomic E-state index is 8.88. The molecular weight excluding hydrogens is 174 g/mol. The van der Waals surface area contributed by atoms with Gasteiger partial charge in [-0.15, -0.1) is 0 Å². The van der Waals surface area contributed by atoms with E-state index in [2.05, 4.69) is 16.4 Å². The summed E-state index contributed by atoms with van der Waals surface area (Å²) < 4.78 is 0. The number of nitrogens with one attached hydrogen (secondary N) is 1. The van der Waals surface area contributed by atoms with Crippen molar-refractivity contribution < 1.29 is 0 Å². The number of rotatable bonds is 2. The Bertz CT molecular complexity index is 375. The van der Waals surface area contributed by atoms with Crippen LogP contribution in [0.15, 0.2) is 12.1 Å². The van der Waals surface area contributed by atoms with Gasteiger partial charge in [-0.05, 0) is 38.3 Å². The maximum atomic E-state index is 8.88. The predicted octanol–water partition coefficient (Wildman–Crippen LogP) is 2.23. The summed E-state index contributed by atoms with van der Waals surface area (Å²) in [7, 11) is 0. The topological polar surface area (TPSA) is 48.7 Å². The first-order valence-electron chi connectivity index (χ1n) is 4.94. The molecule has 1 heterocycles. The smallest absolute Gasteiger partial charge is 0.144 e. The lowest BCUT2D eigenvalue weighted by atomic mass is 9.93. The fourth-order valence-corrected chi connectivity index (χ4v) is 1.50. The number of aryl methyl sites for hydroxylation is 1. The standard InChI is InChI=1S/C11H13N3/c1-8-5-6-9(7-12)11(13-8)14-10-3-2-4-10/h5-6,10H,2-4H2,1H3,(H,13,14). The second-order valence-electron chi connectivity index (χ2n) is 3.73. The number of anilines is 1. The van der Waals surface area contributed by atoms with Gasteiger partial charge in [0.15, 0.2) is 0 Å². The molecule has 1 fully saturated rings. The third-order valence-corrected chi connectivity index (χ3v) is 2.60. The zero-order valence-electron chi connectivity index (χ0n) is 8.25. The van der Waals surface area contributed by atoms with Gasteiger partial charge in [-0.2, -0.15) is 5.26 Å². The molecule has 0 aromatic carbocycles. The van der Waals surface area contributed by atoms with Gasteiger partial charge in [0.25, 0.3) is 0 Å². The highest BCUT2D eigenvalue weighted by molar-refractivity contribution is 5.52. The minimum absolute atomic E-state index is 0.524. The van der Waals surface area contributed by atoms with Crippen LogP contribution in [0.2, 0.25) is 0 Å². The average Bonchev–Trinajstić information content (AvgIpc) is 2.12. The van der Waals surface area contributed by atoms with E-state index in [9.17, 15) is 0 Å². The first-order chi connectivity index (χ1) is 6.79. The number of hydrogen-bond acceptors (Lipinski definition) is 3. The van der Waals surface area contributed by atoms with Crippen LogP contribution in [0, 0.1) is 18.3 Å². The molecule has 1 saturated carbocycles. The summed E-state index contributed by atoms with van der Waals surface area (Å²) in [6, 6.07) is 6.36. The zero-order chi connectivity index (χ0) is 9.97. The molecule has 0 aliphatic heterocycles. The van der Waals surface area contributed by atoms with Gasteiger partial charge in [-0.1, -0.05) is 0 Å². The van der Waals surface area contributed by atoms with Gasteiger partial charge in [-0.3, -0.25) is 0 Å². The summed E-state index contributed by atoms with van der Waals surface area (Å²) >= 11 is 0. The van der Waals surface area contributed by atoms with E-state index in [0.29, 0.717) is 11.6 Å². The Labute approximate surface area is 83.8 Å². The third kappa shape index (κ3) is 1.69. The molecule has 0 bridgehead atoms. The van der Waals surface area contributed by atoms with Crippen molar-refractivity contribution in [3.05, 3.63) is 23.4 Å². The molecule has 0 radical (unpaired) electrons. The Kier molecular flexibility index (Phi) is 2.36. The zero-order valence-corrected chi connectivity index (χ0v) is 8.25. The van der Waals surface area contributed by atoms with E-state index in [1.54, 1.807) is 0 Å². The lowest BCUT2D eigenvalue weighted by molar-refractivity contribution is 0.444. The van der Waals surface area contributed by atoms with Crippen LogP contribution in [0.25, 0.3) is 0 Å². The Morgan fingerprint density at radius 2 is 2.29 bits per heavy atom. The van der Waals surface area contributed by atoms with Gasteiger partial charge in [0.2, 0.25) is 0 Å². The van der Waals surface area contributed by atoms with Crippen molar-refractivity contribution in [2.45, 2.75) is 32.2 Å². The van der Waals surface area contributed by atoms with Gasteiger partial charge in [0.1, 0.15) is 11.9 Å². The van der Waals surface area contributed by atoms with Gasteiger partial charge in [-0.25, -0.2) is 4.98 Å². The molecule has 2 rings (SSSR count). The Hall–Kier alpha value is -1.56. The van der Waals surface area contributed by atoms with Gasteiger partial charge >= 0.3 is 0 Å². The van der Waals surface area contributed by atoms with Crippen molar-refractivity contribution >= 4 is 5.82 Å². The molecule has 0 saturated heterocycles. The Morgan fingerprint density at radius 1 is 1.50 bits per heavy atom. The Morgan fingerprint density at radius 3 is 2.86 bits per heavy atom. The van der Waals surface area contributed by atoms with Crippen LogP contribution in [0.5, 0.6) is 0 Å². The summed E-state index contributed by atoms with van der Waals surface area (Å²) in [6.45, 7) is 1.94. The molecule has 14 heavy (non-hydrogen) atoms. The largest absolute Gasteiger partial charge is 0.366 e. The third-order valence-electron chi connectivity index (χ3n) is 2.60. The molecular formula is C11H13N3. The monoisotopic (exact) mass is 187 g/mol. The molecule has 3 heteroatoms. The van der Waals surface area contributed by atoms with Gasteiger partial charge in [0.05, 0.1) is 5.56 Å². The second-order valence-corrected chi connectivity index (χ2v) is 3.73. The summed E-state index contributed by atoms with van der Waals surface area (Å²) in [6.07, 6.45) is 3.67. The van der Waals surface area contributed by atoms with Gasteiger partial charge in [0, 0.05) is 11.7 Å². The summed E-state index contributed by atoms with van der Waals surface area (Å²) in [4.78, 5) is 4.33. The fraction of sp³-hybridized carbons (Fsp3) is 0.455. The number of hydrogen-bond donors (Lipinski definition) is 1. The summed E-state index contributed by atoms with van der Waals surface area (Å²) in [5, 5.41) is 12.2. The van der Waals surface area contributed by atoms with E-state index in [1.807, 2.05) is 19.1 Å². The maximum Gasteiger partial charge on any atom is 0.144 e. The quantitative estimate of drug-likeness (QED) is 0.772. The minimum atomic E-state index is 0.524. The summed E-state index contributed by atoms with van der Waals surface area (Å²) in [5.41, 5.74) is 1.59. The molecule has 0 spiro atoms. The Balaban J connectivity index is 2.21. The molecule has 1 aromatic heterocycles. The molecule has 3 nitrogen and oxygen atoms in total. The van der Waals surface area contributed by atoms with Crippen molar-refractivity contribution in [1.82, 2.24) is 4.98 Å². The first-order valence-corrected chi connectivity index (χ1v) is 4.94. The number of nitriles is 1. The van der Waals surface area contributed by atoms with Crippen molar-refractivity contribution in [2.24, 2.45) is 0 Å². The van der Waals surface area contributed by atoms with Crippen molar-refractivity contribution in [3.63, 3.8) is 0 Å². The van der Waals surface area contributed by atoms with E-state index in [1.165, 1.54) is 19.3 Å². The normalized spacial score (nSPS) is 15.7. The number of nitrogens with zero attached hydrogens (tertiary/aromatic N) is 2. The lowest BCUT2D eigenvalue weighted by Gasteiger charge is -2.27. The van der Waals surface area contributed by atoms with Crippen LogP contribution in [-0.2, 0) is 0 Å². The first kappa shape index (κ1) is 9.01. The van der Waals surface area contributed by atoms with Crippen LogP contribution in [-0.4, -0.2) is 11.0 Å². The molecule has 72 valence electrons. The van der Waals surface area contributed by atoms with E-state index in [0.717, 1.165) is 11.5 Å². The fourth-order valence-electron chi connectivity index (χ4n) is 1.50. The van der Waals surface area contributed by atoms with Crippen molar-refractivity contribution in [3.8, 4) is 6.07 Å². The number of aromatic nitrogens is 1. The molecule has 0 amide bonds. The van der Waals surface area contributed by atoms with Crippen molar-refractivity contribution in [1.29, 1.82) is 5.26 Å². The average molecular weight is 187 g/mol. The van der Waals surface area contributed by atoms with E-state index in [4.69, 9.17) is 5.26 Å². The van der Waals surface area contributed by atoms with E-state index < -0.39 is 0 Å². The molecule has 1 aliphatic carbocycles. The molecule has 1 aromatic rings. The van der Waals surface area contributed by atoms with Gasteiger partial charge < -0.3 is 5.32 Å². The SMILES string of the molecule is Cc1ccc(C#N)c(NC2CCC2)n1. The highest BCUT2D eigenvalue weighted by atomic mass is 15.0.